The summed E-state index contributed by atoms with van der Waals surface area (Å²) < 4.78 is 10.3. The van der Waals surface area contributed by atoms with Crippen LogP contribution in [0.25, 0.3) is 0 Å². The molecule has 2 rings (SSSR count). The van der Waals surface area contributed by atoms with Crippen molar-refractivity contribution in [1.82, 2.24) is 15.2 Å². The van der Waals surface area contributed by atoms with Crippen molar-refractivity contribution in [3.8, 4) is 11.5 Å². The molecule has 1 heterocycles. The number of benzene rings is 1. The van der Waals surface area contributed by atoms with E-state index in [0.29, 0.717) is 17.2 Å². The van der Waals surface area contributed by atoms with E-state index in [9.17, 15) is 4.79 Å². The Labute approximate surface area is 109 Å². The molecule has 8 heteroatoms. The zero-order valence-corrected chi connectivity index (χ0v) is 10.4. The molecule has 3 N–H and O–H groups in total. The first kappa shape index (κ1) is 12.7. The quantitative estimate of drug-likeness (QED) is 0.775. The van der Waals surface area contributed by atoms with Gasteiger partial charge in [0.05, 0.1) is 14.2 Å². The number of hydrogen-bond donors (Lipinski definition) is 3. The second-order valence-electron chi connectivity index (χ2n) is 3.45. The van der Waals surface area contributed by atoms with Gasteiger partial charge in [-0.3, -0.25) is 5.32 Å². The Morgan fingerprint density at radius 3 is 2.42 bits per heavy atom. The summed E-state index contributed by atoms with van der Waals surface area (Å²) in [7, 11) is 3.02. The van der Waals surface area contributed by atoms with Gasteiger partial charge in [0.15, 0.2) is 0 Å². The maximum atomic E-state index is 11.8. The van der Waals surface area contributed by atoms with Crippen molar-refractivity contribution in [2.24, 2.45) is 0 Å². The number of aromatic nitrogens is 3. The molecule has 0 aliphatic carbocycles. The summed E-state index contributed by atoms with van der Waals surface area (Å²) in [5.74, 6) is 1.23. The molecule has 0 radical (unpaired) electrons. The van der Waals surface area contributed by atoms with Crippen LogP contribution in [-0.4, -0.2) is 35.4 Å². The molecule has 0 aliphatic rings. The van der Waals surface area contributed by atoms with Crippen LogP contribution >= 0.6 is 0 Å². The van der Waals surface area contributed by atoms with Gasteiger partial charge in [0.2, 0.25) is 5.95 Å². The topological polar surface area (TPSA) is 101 Å². The lowest BCUT2D eigenvalue weighted by Crippen LogP contribution is -2.21. The van der Waals surface area contributed by atoms with Crippen LogP contribution < -0.4 is 20.1 Å². The molecule has 0 bridgehead atoms. The molecule has 1 aromatic carbocycles. The van der Waals surface area contributed by atoms with E-state index in [1.54, 1.807) is 18.2 Å². The number of urea groups is 1. The van der Waals surface area contributed by atoms with E-state index in [0.717, 1.165) is 0 Å². The van der Waals surface area contributed by atoms with E-state index in [2.05, 4.69) is 25.8 Å². The third-order valence-electron chi connectivity index (χ3n) is 2.31. The van der Waals surface area contributed by atoms with Crippen molar-refractivity contribution in [3.63, 3.8) is 0 Å². The molecule has 0 saturated carbocycles. The lowest BCUT2D eigenvalue weighted by Gasteiger charge is -2.13. The molecule has 2 aromatic rings. The first-order chi connectivity index (χ1) is 9.24. The number of nitrogens with zero attached hydrogens (tertiary/aromatic N) is 2. The standard InChI is InChI=1S/C11H13N5O3/c1-18-7-4-3-5-8(19-2)9(7)14-11(17)15-10-12-6-13-16-10/h3-6H,1-2H3,(H3,12,13,14,15,16,17). The number of amides is 2. The van der Waals surface area contributed by atoms with Crippen molar-refractivity contribution in [3.05, 3.63) is 24.5 Å². The van der Waals surface area contributed by atoms with E-state index >= 15 is 0 Å². The van der Waals surface area contributed by atoms with Crippen molar-refractivity contribution in [2.75, 3.05) is 24.9 Å². The van der Waals surface area contributed by atoms with E-state index in [-0.39, 0.29) is 5.95 Å². The fraction of sp³-hybridized carbons (Fsp3) is 0.182. The van der Waals surface area contributed by atoms with E-state index in [1.165, 1.54) is 20.5 Å². The minimum atomic E-state index is -0.487. The monoisotopic (exact) mass is 263 g/mol. The molecular weight excluding hydrogens is 250 g/mol. The second kappa shape index (κ2) is 5.71. The number of H-pyrrole nitrogens is 1. The highest BCUT2D eigenvalue weighted by atomic mass is 16.5. The van der Waals surface area contributed by atoms with Crippen LogP contribution in [0.15, 0.2) is 24.5 Å². The number of nitrogens with one attached hydrogen (secondary N) is 3. The third kappa shape index (κ3) is 2.92. The maximum absolute atomic E-state index is 11.8. The molecule has 0 fully saturated rings. The predicted molar refractivity (Wildman–Crippen MR) is 68.6 cm³/mol. The van der Waals surface area contributed by atoms with Crippen LogP contribution in [0.5, 0.6) is 11.5 Å². The Hall–Kier alpha value is -2.77. The number of anilines is 2. The van der Waals surface area contributed by atoms with Crippen LogP contribution in [-0.2, 0) is 0 Å². The van der Waals surface area contributed by atoms with Gasteiger partial charge in [0.25, 0.3) is 0 Å². The van der Waals surface area contributed by atoms with Gasteiger partial charge in [-0.1, -0.05) is 6.07 Å². The first-order valence-corrected chi connectivity index (χ1v) is 5.39. The van der Waals surface area contributed by atoms with Gasteiger partial charge in [-0.25, -0.2) is 9.89 Å². The Kier molecular flexibility index (Phi) is 3.81. The molecule has 0 aliphatic heterocycles. The van der Waals surface area contributed by atoms with Gasteiger partial charge < -0.3 is 14.8 Å². The number of carbonyl (C=O) groups is 1. The van der Waals surface area contributed by atoms with Crippen LogP contribution in [0.1, 0.15) is 0 Å². The number of hydrogen-bond acceptors (Lipinski definition) is 5. The highest BCUT2D eigenvalue weighted by Crippen LogP contribution is 2.34. The average Bonchev–Trinajstić information content (AvgIpc) is 2.91. The summed E-state index contributed by atoms with van der Waals surface area (Å²) >= 11 is 0. The Bertz CT molecular complexity index is 533. The molecule has 19 heavy (non-hydrogen) atoms. The SMILES string of the molecule is COc1cccc(OC)c1NC(=O)Nc1ncn[nH]1. The summed E-state index contributed by atoms with van der Waals surface area (Å²) in [5.41, 5.74) is 0.435. The van der Waals surface area contributed by atoms with Gasteiger partial charge >= 0.3 is 6.03 Å². The molecule has 0 unspecified atom stereocenters. The maximum Gasteiger partial charge on any atom is 0.326 e. The van der Waals surface area contributed by atoms with Gasteiger partial charge in [-0.2, -0.15) is 10.1 Å². The third-order valence-corrected chi connectivity index (χ3v) is 2.31. The molecule has 0 spiro atoms. The van der Waals surface area contributed by atoms with Crippen molar-refractivity contribution in [2.45, 2.75) is 0 Å². The van der Waals surface area contributed by atoms with Gasteiger partial charge in [-0.05, 0) is 12.1 Å². The Morgan fingerprint density at radius 1 is 1.21 bits per heavy atom. The van der Waals surface area contributed by atoms with Crippen LogP contribution in [0.2, 0.25) is 0 Å². The predicted octanol–water partition coefficient (Wildman–Crippen LogP) is 1.47. The number of methoxy groups -OCH3 is 2. The average molecular weight is 263 g/mol. The van der Waals surface area contributed by atoms with Gasteiger partial charge in [-0.15, -0.1) is 0 Å². The molecule has 0 atom stereocenters. The minimum Gasteiger partial charge on any atom is -0.494 e. The molecule has 100 valence electrons. The Balaban J connectivity index is 2.15. The van der Waals surface area contributed by atoms with E-state index in [1.807, 2.05) is 0 Å². The zero-order valence-electron chi connectivity index (χ0n) is 10.4. The fourth-order valence-corrected chi connectivity index (χ4v) is 1.49. The first-order valence-electron chi connectivity index (χ1n) is 5.39. The molecule has 2 amide bonds. The summed E-state index contributed by atoms with van der Waals surface area (Å²) in [4.78, 5) is 15.6. The molecule has 1 aromatic heterocycles. The van der Waals surface area contributed by atoms with Crippen LogP contribution in [0.4, 0.5) is 16.4 Å². The smallest absolute Gasteiger partial charge is 0.326 e. The lowest BCUT2D eigenvalue weighted by molar-refractivity contribution is 0.261. The number of aromatic amines is 1. The summed E-state index contributed by atoms with van der Waals surface area (Å²) in [6.45, 7) is 0. The normalized spacial score (nSPS) is 9.79. The van der Waals surface area contributed by atoms with Crippen molar-refractivity contribution < 1.29 is 14.3 Å². The molecule has 0 saturated heterocycles. The minimum absolute atomic E-state index is 0.242. The van der Waals surface area contributed by atoms with Gasteiger partial charge in [0, 0.05) is 0 Å². The number of carbonyl (C=O) groups excluding carboxylic acids is 1. The summed E-state index contributed by atoms with van der Waals surface area (Å²) in [6.07, 6.45) is 1.29. The second-order valence-corrected chi connectivity index (χ2v) is 3.45. The van der Waals surface area contributed by atoms with E-state index in [4.69, 9.17) is 9.47 Å². The lowest BCUT2D eigenvalue weighted by atomic mass is 10.2. The molecule has 8 nitrogen and oxygen atoms in total. The highest BCUT2D eigenvalue weighted by molar-refractivity contribution is 6.00. The number of ether oxygens (including phenoxy) is 2. The van der Waals surface area contributed by atoms with Gasteiger partial charge in [0.1, 0.15) is 23.5 Å². The highest BCUT2D eigenvalue weighted by Gasteiger charge is 2.13. The fourth-order valence-electron chi connectivity index (χ4n) is 1.49. The van der Waals surface area contributed by atoms with E-state index < -0.39 is 6.03 Å². The van der Waals surface area contributed by atoms with Crippen molar-refractivity contribution in [1.29, 1.82) is 0 Å². The molecular formula is C11H13N5O3. The Morgan fingerprint density at radius 2 is 1.89 bits per heavy atom. The summed E-state index contributed by atoms with van der Waals surface area (Å²) in [6, 6.07) is 4.70. The largest absolute Gasteiger partial charge is 0.494 e. The number of rotatable bonds is 4. The van der Waals surface area contributed by atoms with Crippen molar-refractivity contribution >= 4 is 17.7 Å². The van der Waals surface area contributed by atoms with Crippen LogP contribution in [0.3, 0.4) is 0 Å². The summed E-state index contributed by atoms with van der Waals surface area (Å²) in [5, 5.41) is 11.3. The zero-order chi connectivity index (χ0) is 13.7. The number of para-hydroxylation sites is 1. The van der Waals surface area contributed by atoms with Crippen LogP contribution in [0, 0.1) is 0 Å².